The van der Waals surface area contributed by atoms with E-state index in [1.54, 1.807) is 4.57 Å². The van der Waals surface area contributed by atoms with Crippen molar-refractivity contribution in [2.45, 2.75) is 32.9 Å². The molecule has 0 spiro atoms. The van der Waals surface area contributed by atoms with Gasteiger partial charge in [-0.05, 0) is 50.1 Å². The van der Waals surface area contributed by atoms with Crippen LogP contribution in [0.5, 0.6) is 0 Å². The second kappa shape index (κ2) is 9.48. The molecule has 4 heterocycles. The lowest BCUT2D eigenvalue weighted by atomic mass is 10.00. The van der Waals surface area contributed by atoms with Crippen LogP contribution >= 0.6 is 0 Å². The Morgan fingerprint density at radius 1 is 1.13 bits per heavy atom. The van der Waals surface area contributed by atoms with E-state index in [1.807, 2.05) is 41.4 Å². The molecule has 2 aliphatic rings. The quantitative estimate of drug-likeness (QED) is 0.425. The van der Waals surface area contributed by atoms with Gasteiger partial charge in [0.2, 0.25) is 5.91 Å². The molecule has 0 bridgehead atoms. The topological polar surface area (TPSA) is 90.4 Å². The Hall–Kier alpha value is -4.40. The normalized spacial score (nSPS) is 17.5. The van der Waals surface area contributed by atoms with Crippen molar-refractivity contribution in [1.82, 2.24) is 24.6 Å². The summed E-state index contributed by atoms with van der Waals surface area (Å²) in [6.07, 6.45) is 3.98. The smallest absolute Gasteiger partial charge is 0.354 e. The number of benzene rings is 2. The van der Waals surface area contributed by atoms with Crippen molar-refractivity contribution in [1.29, 1.82) is 0 Å². The molecule has 2 aromatic heterocycles. The number of aromatic nitrogens is 4. The fourth-order valence-corrected chi connectivity index (χ4v) is 5.92. The SMILES string of the molecule is C=CC(=O)N1CCN(c2nc(=O)n(-c3ccccc3)c3c2CCN(c2c(C)ccc4[nH]ncc24)C3)C(C)C1. The highest BCUT2D eigenvalue weighted by Gasteiger charge is 2.33. The van der Waals surface area contributed by atoms with E-state index >= 15 is 0 Å². The van der Waals surface area contributed by atoms with Gasteiger partial charge in [-0.2, -0.15) is 10.1 Å². The Bertz CT molecular complexity index is 1590. The zero-order chi connectivity index (χ0) is 26.4. The number of carbonyl (C=O) groups is 1. The molecule has 1 fully saturated rings. The predicted octanol–water partition coefficient (Wildman–Crippen LogP) is 3.20. The second-order valence-electron chi connectivity index (χ2n) is 10.1. The largest absolute Gasteiger partial charge is 0.365 e. The Kier molecular flexibility index (Phi) is 5.98. The Morgan fingerprint density at radius 3 is 2.71 bits per heavy atom. The first-order valence-corrected chi connectivity index (χ1v) is 13.0. The number of fused-ring (bicyclic) bond motifs is 2. The van der Waals surface area contributed by atoms with Gasteiger partial charge < -0.3 is 14.7 Å². The third kappa shape index (κ3) is 3.95. The van der Waals surface area contributed by atoms with Gasteiger partial charge in [-0.15, -0.1) is 0 Å². The average molecular weight is 510 g/mol. The van der Waals surface area contributed by atoms with Crippen molar-refractivity contribution in [3.8, 4) is 5.69 Å². The summed E-state index contributed by atoms with van der Waals surface area (Å²) in [4.78, 5) is 36.9. The molecule has 1 amide bonds. The number of nitrogens with one attached hydrogen (secondary N) is 1. The Balaban J connectivity index is 1.46. The van der Waals surface area contributed by atoms with Gasteiger partial charge in [0.1, 0.15) is 5.82 Å². The molecule has 38 heavy (non-hydrogen) atoms. The van der Waals surface area contributed by atoms with Crippen LogP contribution in [0.2, 0.25) is 0 Å². The summed E-state index contributed by atoms with van der Waals surface area (Å²) in [5.74, 6) is 0.679. The number of nitrogens with zero attached hydrogens (tertiary/aromatic N) is 6. The van der Waals surface area contributed by atoms with Gasteiger partial charge in [0.25, 0.3) is 0 Å². The number of piperazine rings is 1. The molecule has 2 aromatic carbocycles. The maximum absolute atomic E-state index is 13.7. The first-order valence-electron chi connectivity index (χ1n) is 13.0. The number of carbonyl (C=O) groups excluding carboxylic acids is 1. The maximum Gasteiger partial charge on any atom is 0.354 e. The molecular formula is C29H31N7O2. The van der Waals surface area contributed by atoms with E-state index in [-0.39, 0.29) is 17.6 Å². The zero-order valence-corrected chi connectivity index (χ0v) is 21.7. The molecule has 1 unspecified atom stereocenters. The molecule has 0 radical (unpaired) electrons. The van der Waals surface area contributed by atoms with E-state index in [0.29, 0.717) is 26.2 Å². The summed E-state index contributed by atoms with van der Waals surface area (Å²) in [5.41, 5.74) is 5.86. The first-order chi connectivity index (χ1) is 18.5. The van der Waals surface area contributed by atoms with Crippen molar-refractivity contribution in [2.24, 2.45) is 0 Å². The molecular weight excluding hydrogens is 478 g/mol. The molecule has 2 aliphatic heterocycles. The van der Waals surface area contributed by atoms with Crippen molar-refractivity contribution >= 4 is 28.3 Å². The van der Waals surface area contributed by atoms with Gasteiger partial charge in [0.05, 0.1) is 35.3 Å². The Labute approximate surface area is 221 Å². The monoisotopic (exact) mass is 509 g/mol. The van der Waals surface area contributed by atoms with E-state index in [2.05, 4.69) is 57.5 Å². The highest BCUT2D eigenvalue weighted by molar-refractivity contribution is 5.93. The summed E-state index contributed by atoms with van der Waals surface area (Å²) >= 11 is 0. The third-order valence-electron chi connectivity index (χ3n) is 7.77. The van der Waals surface area contributed by atoms with E-state index in [1.165, 1.54) is 11.6 Å². The van der Waals surface area contributed by atoms with Crippen LogP contribution in [0.3, 0.4) is 0 Å². The summed E-state index contributed by atoms with van der Waals surface area (Å²) in [5, 5.41) is 8.43. The predicted molar refractivity (Wildman–Crippen MR) is 149 cm³/mol. The number of para-hydroxylation sites is 1. The fourth-order valence-electron chi connectivity index (χ4n) is 5.92. The third-order valence-corrected chi connectivity index (χ3v) is 7.77. The van der Waals surface area contributed by atoms with Crippen LogP contribution in [0.1, 0.15) is 23.7 Å². The highest BCUT2D eigenvalue weighted by Crippen LogP contribution is 2.36. The molecule has 1 atom stereocenters. The number of H-pyrrole nitrogens is 1. The fraction of sp³-hybridized carbons (Fsp3) is 0.310. The standard InChI is InChI=1S/C29H31N7O2/c1-4-26(37)33-14-15-35(20(3)17-33)28-22-12-13-34(27-19(2)10-11-24-23(27)16-30-32-24)18-25(22)36(29(38)31-28)21-8-6-5-7-9-21/h4-11,16,20H,1,12-15,17-18H2,2-3H3,(H,30,32). The first kappa shape index (κ1) is 24.0. The van der Waals surface area contributed by atoms with Crippen molar-refractivity contribution < 1.29 is 4.79 Å². The lowest BCUT2D eigenvalue weighted by Crippen LogP contribution is -2.54. The van der Waals surface area contributed by atoms with Crippen LogP contribution in [0, 0.1) is 6.92 Å². The van der Waals surface area contributed by atoms with Gasteiger partial charge in [0.15, 0.2) is 0 Å². The molecule has 9 nitrogen and oxygen atoms in total. The van der Waals surface area contributed by atoms with Gasteiger partial charge in [-0.1, -0.05) is 30.8 Å². The highest BCUT2D eigenvalue weighted by atomic mass is 16.2. The molecule has 4 aromatic rings. The van der Waals surface area contributed by atoms with Crippen molar-refractivity contribution in [3.05, 3.63) is 88.6 Å². The minimum absolute atomic E-state index is 0.0242. The van der Waals surface area contributed by atoms with Crippen molar-refractivity contribution in [2.75, 3.05) is 36.0 Å². The summed E-state index contributed by atoms with van der Waals surface area (Å²) in [6.45, 7) is 10.9. The summed E-state index contributed by atoms with van der Waals surface area (Å²) < 4.78 is 1.76. The van der Waals surface area contributed by atoms with Crippen LogP contribution in [0.15, 0.2) is 66.1 Å². The van der Waals surface area contributed by atoms with Gasteiger partial charge in [0, 0.05) is 43.2 Å². The minimum Gasteiger partial charge on any atom is -0.365 e. The van der Waals surface area contributed by atoms with Gasteiger partial charge >= 0.3 is 5.69 Å². The maximum atomic E-state index is 13.7. The molecule has 1 saturated heterocycles. The van der Waals surface area contributed by atoms with E-state index in [4.69, 9.17) is 0 Å². The molecule has 0 aliphatic carbocycles. The number of anilines is 2. The number of hydrogen-bond acceptors (Lipinski definition) is 6. The van der Waals surface area contributed by atoms with E-state index < -0.39 is 0 Å². The average Bonchev–Trinajstić information content (AvgIpc) is 3.41. The Morgan fingerprint density at radius 2 is 1.95 bits per heavy atom. The molecule has 9 heteroatoms. The van der Waals surface area contributed by atoms with Crippen LogP contribution < -0.4 is 15.5 Å². The van der Waals surface area contributed by atoms with Crippen LogP contribution in [-0.2, 0) is 17.8 Å². The lowest BCUT2D eigenvalue weighted by Gasteiger charge is -2.42. The lowest BCUT2D eigenvalue weighted by molar-refractivity contribution is -0.126. The van der Waals surface area contributed by atoms with Gasteiger partial charge in [-0.3, -0.25) is 14.5 Å². The summed E-state index contributed by atoms with van der Waals surface area (Å²) in [7, 11) is 0. The van der Waals surface area contributed by atoms with Crippen LogP contribution in [0.4, 0.5) is 11.5 Å². The minimum atomic E-state index is -0.290. The molecule has 194 valence electrons. The summed E-state index contributed by atoms with van der Waals surface area (Å²) in [6, 6.07) is 13.9. The number of amides is 1. The number of hydrogen-bond donors (Lipinski definition) is 1. The number of aryl methyl sites for hydroxylation is 1. The molecule has 6 rings (SSSR count). The van der Waals surface area contributed by atoms with E-state index in [0.717, 1.165) is 52.3 Å². The number of rotatable bonds is 4. The number of aromatic amines is 1. The zero-order valence-electron chi connectivity index (χ0n) is 21.7. The van der Waals surface area contributed by atoms with Crippen LogP contribution in [-0.4, -0.2) is 62.8 Å². The van der Waals surface area contributed by atoms with Crippen LogP contribution in [0.25, 0.3) is 16.6 Å². The van der Waals surface area contributed by atoms with E-state index in [9.17, 15) is 9.59 Å². The molecule has 1 N–H and O–H groups in total. The second-order valence-corrected chi connectivity index (χ2v) is 10.1. The van der Waals surface area contributed by atoms with Crippen molar-refractivity contribution in [3.63, 3.8) is 0 Å². The molecule has 0 saturated carbocycles. The van der Waals surface area contributed by atoms with Gasteiger partial charge in [-0.25, -0.2) is 4.79 Å².